The molecule has 7 heteroatoms. The van der Waals surface area contributed by atoms with Crippen molar-refractivity contribution in [3.05, 3.63) is 29.8 Å². The smallest absolute Gasteiger partial charge is 0.410 e. The number of rotatable bonds is 3. The molecule has 0 spiro atoms. The van der Waals surface area contributed by atoms with Crippen LogP contribution in [0.2, 0.25) is 0 Å². The third kappa shape index (κ3) is 4.31. The lowest BCUT2D eigenvalue weighted by Crippen LogP contribution is -2.29. The summed E-state index contributed by atoms with van der Waals surface area (Å²) in [5, 5.41) is 10.6. The van der Waals surface area contributed by atoms with Gasteiger partial charge in [0.2, 0.25) is 0 Å². The highest BCUT2D eigenvalue weighted by atomic mass is 19.4. The molecular formula is C10H10F3NO3. The highest BCUT2D eigenvalue weighted by molar-refractivity contribution is 5.70. The van der Waals surface area contributed by atoms with Gasteiger partial charge < -0.3 is 15.2 Å². The number of hydrogen-bond donors (Lipinski definition) is 2. The lowest BCUT2D eigenvalue weighted by Gasteiger charge is -2.09. The molecule has 0 unspecified atom stereocenters. The van der Waals surface area contributed by atoms with Crippen LogP contribution in [0, 0.1) is 0 Å². The summed E-state index contributed by atoms with van der Waals surface area (Å²) in [4.78, 5) is 11.0. The number of hydrogen-bond acceptors (Lipinski definition) is 3. The van der Waals surface area contributed by atoms with Gasteiger partial charge in [0.05, 0.1) is 12.2 Å². The molecule has 94 valence electrons. The van der Waals surface area contributed by atoms with Crippen molar-refractivity contribution in [3.8, 4) is 5.75 Å². The van der Waals surface area contributed by atoms with Crippen LogP contribution in [-0.2, 0) is 6.18 Å². The fourth-order valence-corrected chi connectivity index (χ4v) is 1.04. The van der Waals surface area contributed by atoms with Crippen LogP contribution in [0.5, 0.6) is 5.75 Å². The average Bonchev–Trinajstić information content (AvgIpc) is 2.25. The molecule has 0 saturated carbocycles. The summed E-state index contributed by atoms with van der Waals surface area (Å²) in [7, 11) is 0. The van der Waals surface area contributed by atoms with Crippen molar-refractivity contribution >= 4 is 6.09 Å². The summed E-state index contributed by atoms with van der Waals surface area (Å²) in [6.07, 6.45) is -5.40. The Kier molecular flexibility index (Phi) is 4.33. The molecule has 0 aliphatic heterocycles. The van der Waals surface area contributed by atoms with Crippen molar-refractivity contribution in [1.82, 2.24) is 5.32 Å². The number of ether oxygens (including phenoxy) is 1. The standard InChI is InChI=1S/C10H10F3NO3/c11-10(12,13)7-2-1-3-8(6-7)17-9(16)14-4-5-15/h1-3,6,15H,4-5H2,(H,14,16). The maximum atomic E-state index is 12.3. The number of nitrogens with one attached hydrogen (secondary N) is 1. The SMILES string of the molecule is O=C(NCCO)Oc1cccc(C(F)(F)F)c1. The zero-order chi connectivity index (χ0) is 12.9. The highest BCUT2D eigenvalue weighted by Gasteiger charge is 2.30. The first-order valence-corrected chi connectivity index (χ1v) is 4.67. The van der Waals surface area contributed by atoms with Crippen LogP contribution < -0.4 is 10.1 Å². The highest BCUT2D eigenvalue weighted by Crippen LogP contribution is 2.31. The van der Waals surface area contributed by atoms with Gasteiger partial charge in [-0.2, -0.15) is 13.2 Å². The van der Waals surface area contributed by atoms with Gasteiger partial charge in [-0.05, 0) is 18.2 Å². The van der Waals surface area contributed by atoms with E-state index in [1.807, 2.05) is 0 Å². The largest absolute Gasteiger partial charge is 0.416 e. The molecule has 0 aliphatic rings. The Morgan fingerprint density at radius 3 is 2.71 bits per heavy atom. The van der Waals surface area contributed by atoms with Crippen LogP contribution in [0.1, 0.15) is 5.56 Å². The molecule has 0 radical (unpaired) electrons. The van der Waals surface area contributed by atoms with E-state index in [2.05, 4.69) is 10.1 Å². The van der Waals surface area contributed by atoms with E-state index >= 15 is 0 Å². The summed E-state index contributed by atoms with van der Waals surface area (Å²) in [5.74, 6) is -0.213. The number of aliphatic hydroxyl groups excluding tert-OH is 1. The average molecular weight is 249 g/mol. The third-order valence-corrected chi connectivity index (χ3v) is 1.75. The van der Waals surface area contributed by atoms with E-state index in [4.69, 9.17) is 5.11 Å². The second-order valence-corrected chi connectivity index (χ2v) is 3.07. The van der Waals surface area contributed by atoms with Crippen molar-refractivity contribution < 1.29 is 27.8 Å². The monoisotopic (exact) mass is 249 g/mol. The van der Waals surface area contributed by atoms with E-state index in [1.165, 1.54) is 6.07 Å². The Morgan fingerprint density at radius 1 is 1.41 bits per heavy atom. The van der Waals surface area contributed by atoms with Gasteiger partial charge in [0.25, 0.3) is 0 Å². The van der Waals surface area contributed by atoms with Crippen LogP contribution in [0.15, 0.2) is 24.3 Å². The number of alkyl halides is 3. The third-order valence-electron chi connectivity index (χ3n) is 1.75. The Bertz CT molecular complexity index is 393. The summed E-state index contributed by atoms with van der Waals surface area (Å²) in [6, 6.07) is 3.96. The minimum Gasteiger partial charge on any atom is -0.410 e. The molecule has 1 amide bonds. The number of aliphatic hydroxyl groups is 1. The first-order valence-electron chi connectivity index (χ1n) is 4.67. The zero-order valence-electron chi connectivity index (χ0n) is 8.62. The number of amides is 1. The molecule has 0 atom stereocenters. The normalized spacial score (nSPS) is 11.1. The van der Waals surface area contributed by atoms with Gasteiger partial charge in [-0.1, -0.05) is 6.07 Å². The van der Waals surface area contributed by atoms with E-state index in [0.29, 0.717) is 0 Å². The molecule has 4 nitrogen and oxygen atoms in total. The molecule has 2 N–H and O–H groups in total. The summed E-state index contributed by atoms with van der Waals surface area (Å²) in [6.45, 7) is -0.310. The van der Waals surface area contributed by atoms with E-state index in [9.17, 15) is 18.0 Å². The van der Waals surface area contributed by atoms with Crippen LogP contribution in [0.3, 0.4) is 0 Å². The van der Waals surface area contributed by atoms with E-state index in [0.717, 1.165) is 18.2 Å². The number of benzene rings is 1. The van der Waals surface area contributed by atoms with Gasteiger partial charge in [0.1, 0.15) is 5.75 Å². The van der Waals surface area contributed by atoms with E-state index in [-0.39, 0.29) is 18.9 Å². The molecule has 0 fully saturated rings. The fraction of sp³-hybridized carbons (Fsp3) is 0.300. The quantitative estimate of drug-likeness (QED) is 0.858. The molecule has 0 aliphatic carbocycles. The van der Waals surface area contributed by atoms with Crippen LogP contribution in [0.4, 0.5) is 18.0 Å². The second-order valence-electron chi connectivity index (χ2n) is 3.07. The number of carbonyl (C=O) groups is 1. The van der Waals surface area contributed by atoms with Crippen molar-refractivity contribution in [3.63, 3.8) is 0 Å². The minimum atomic E-state index is -4.49. The molecular weight excluding hydrogens is 239 g/mol. The zero-order valence-corrected chi connectivity index (χ0v) is 8.62. The maximum Gasteiger partial charge on any atom is 0.416 e. The molecule has 17 heavy (non-hydrogen) atoms. The molecule has 1 rings (SSSR count). The minimum absolute atomic E-state index is 0.0300. The van der Waals surface area contributed by atoms with Crippen LogP contribution in [-0.4, -0.2) is 24.4 Å². The van der Waals surface area contributed by atoms with Crippen molar-refractivity contribution in [2.24, 2.45) is 0 Å². The van der Waals surface area contributed by atoms with Gasteiger partial charge in [-0.3, -0.25) is 0 Å². The summed E-state index contributed by atoms with van der Waals surface area (Å²) >= 11 is 0. The lowest BCUT2D eigenvalue weighted by atomic mass is 10.2. The van der Waals surface area contributed by atoms with Gasteiger partial charge in [0.15, 0.2) is 0 Å². The second kappa shape index (κ2) is 5.53. The first-order chi connectivity index (χ1) is 7.93. The molecule has 1 aromatic rings. The Balaban J connectivity index is 2.69. The summed E-state index contributed by atoms with van der Waals surface area (Å²) in [5.41, 5.74) is -0.898. The van der Waals surface area contributed by atoms with Crippen molar-refractivity contribution in [2.75, 3.05) is 13.2 Å². The molecule has 0 saturated heterocycles. The summed E-state index contributed by atoms with van der Waals surface area (Å²) < 4.78 is 41.5. The van der Waals surface area contributed by atoms with Gasteiger partial charge in [0, 0.05) is 6.54 Å². The Morgan fingerprint density at radius 2 is 2.12 bits per heavy atom. The Hall–Kier alpha value is -1.76. The van der Waals surface area contributed by atoms with Gasteiger partial charge in [-0.25, -0.2) is 4.79 Å². The maximum absolute atomic E-state index is 12.3. The fourth-order valence-electron chi connectivity index (χ4n) is 1.04. The topological polar surface area (TPSA) is 58.6 Å². The molecule has 0 bridgehead atoms. The lowest BCUT2D eigenvalue weighted by molar-refractivity contribution is -0.137. The predicted molar refractivity (Wildman–Crippen MR) is 52.6 cm³/mol. The molecule has 0 heterocycles. The van der Waals surface area contributed by atoms with Gasteiger partial charge >= 0.3 is 12.3 Å². The Labute approximate surface area is 95.0 Å². The predicted octanol–water partition coefficient (Wildman–Crippen LogP) is 1.79. The van der Waals surface area contributed by atoms with E-state index in [1.54, 1.807) is 0 Å². The number of carbonyl (C=O) groups excluding carboxylic acids is 1. The van der Waals surface area contributed by atoms with Crippen molar-refractivity contribution in [2.45, 2.75) is 6.18 Å². The number of halogens is 3. The van der Waals surface area contributed by atoms with Gasteiger partial charge in [-0.15, -0.1) is 0 Å². The van der Waals surface area contributed by atoms with Crippen LogP contribution >= 0.6 is 0 Å². The van der Waals surface area contributed by atoms with E-state index < -0.39 is 17.8 Å². The molecule has 1 aromatic carbocycles. The first kappa shape index (κ1) is 13.3. The van der Waals surface area contributed by atoms with Crippen LogP contribution in [0.25, 0.3) is 0 Å². The molecule has 0 aromatic heterocycles. The van der Waals surface area contributed by atoms with Crippen molar-refractivity contribution in [1.29, 1.82) is 0 Å².